The third-order valence-electron chi connectivity index (χ3n) is 6.17. The van der Waals surface area contributed by atoms with Crippen LogP contribution in [0, 0.1) is 0 Å². The van der Waals surface area contributed by atoms with Gasteiger partial charge in [0.15, 0.2) is 0 Å². The van der Waals surface area contributed by atoms with E-state index < -0.39 is 0 Å². The Bertz CT molecular complexity index is 877. The van der Waals surface area contributed by atoms with E-state index in [-0.39, 0.29) is 17.5 Å². The lowest BCUT2D eigenvalue weighted by molar-refractivity contribution is 0.0638. The van der Waals surface area contributed by atoms with Crippen LogP contribution in [-0.2, 0) is 13.5 Å². The van der Waals surface area contributed by atoms with Gasteiger partial charge in [-0.3, -0.25) is 9.59 Å². The van der Waals surface area contributed by atoms with Crippen LogP contribution < -0.4 is 10.9 Å². The Labute approximate surface area is 166 Å². The average Bonchev–Trinajstić information content (AvgIpc) is 3.06. The molecule has 5 heteroatoms. The highest BCUT2D eigenvalue weighted by molar-refractivity contribution is 5.94. The number of nitrogens with zero attached hydrogens (tertiary/aromatic N) is 2. The third-order valence-corrected chi connectivity index (χ3v) is 6.17. The molecule has 2 aromatic rings. The fraction of sp³-hybridized carbons (Fsp3) is 0.478. The highest BCUT2D eigenvalue weighted by Gasteiger charge is 2.39. The molecule has 0 saturated carbocycles. The Morgan fingerprint density at radius 1 is 1.11 bits per heavy atom. The number of pyridine rings is 1. The molecule has 28 heavy (non-hydrogen) atoms. The van der Waals surface area contributed by atoms with Gasteiger partial charge >= 0.3 is 0 Å². The van der Waals surface area contributed by atoms with Gasteiger partial charge < -0.3 is 14.8 Å². The minimum atomic E-state index is -0.0902. The largest absolute Gasteiger partial charge is 0.334 e. The molecule has 3 atom stereocenters. The predicted molar refractivity (Wildman–Crippen MR) is 110 cm³/mol. The number of fused-ring (bicyclic) bond motifs is 1. The Kier molecular flexibility index (Phi) is 5.62. The number of hydrogen-bond acceptors (Lipinski definition) is 3. The number of aryl methyl sites for hydroxylation is 1. The number of carbonyl (C=O) groups excluding carboxylic acids is 1. The van der Waals surface area contributed by atoms with Gasteiger partial charge in [-0.15, -0.1) is 0 Å². The maximum Gasteiger partial charge on any atom is 0.255 e. The topological polar surface area (TPSA) is 54.3 Å². The van der Waals surface area contributed by atoms with Gasteiger partial charge in [-0.05, 0) is 37.3 Å². The quantitative estimate of drug-likeness (QED) is 0.892. The SMILES string of the molecule is Cn1cc(C(=O)N2CCCCC[C@H]3N[C@H](Cc4ccccc4)C[C@@H]32)ccc1=O. The summed E-state index contributed by atoms with van der Waals surface area (Å²) >= 11 is 0. The highest BCUT2D eigenvalue weighted by atomic mass is 16.2. The lowest BCUT2D eigenvalue weighted by atomic mass is 9.95. The van der Waals surface area contributed by atoms with Crippen LogP contribution in [0.5, 0.6) is 0 Å². The molecule has 2 saturated heterocycles. The van der Waals surface area contributed by atoms with Crippen LogP contribution >= 0.6 is 0 Å². The van der Waals surface area contributed by atoms with Crippen molar-refractivity contribution in [2.75, 3.05) is 6.54 Å². The zero-order valence-electron chi connectivity index (χ0n) is 16.5. The molecule has 148 valence electrons. The molecule has 0 bridgehead atoms. The summed E-state index contributed by atoms with van der Waals surface area (Å²) in [6, 6.07) is 14.7. The van der Waals surface area contributed by atoms with Gasteiger partial charge in [0.1, 0.15) is 0 Å². The van der Waals surface area contributed by atoms with Gasteiger partial charge in [-0.2, -0.15) is 0 Å². The first-order valence-corrected chi connectivity index (χ1v) is 10.4. The molecule has 3 heterocycles. The summed E-state index contributed by atoms with van der Waals surface area (Å²) in [6.07, 6.45) is 8.19. The first-order chi connectivity index (χ1) is 13.6. The summed E-state index contributed by atoms with van der Waals surface area (Å²) < 4.78 is 1.49. The van der Waals surface area contributed by atoms with Crippen molar-refractivity contribution in [2.45, 2.75) is 56.7 Å². The van der Waals surface area contributed by atoms with Crippen molar-refractivity contribution in [1.82, 2.24) is 14.8 Å². The normalized spacial score (nSPS) is 25.0. The molecule has 0 unspecified atom stereocenters. The first kappa shape index (κ1) is 18.9. The zero-order valence-corrected chi connectivity index (χ0v) is 16.5. The lowest BCUT2D eigenvalue weighted by Gasteiger charge is -2.35. The molecule has 5 nitrogen and oxygen atoms in total. The molecule has 1 aromatic heterocycles. The monoisotopic (exact) mass is 379 g/mol. The van der Waals surface area contributed by atoms with E-state index in [4.69, 9.17) is 0 Å². The number of hydrogen-bond donors (Lipinski definition) is 1. The highest BCUT2D eigenvalue weighted by Crippen LogP contribution is 2.29. The number of amides is 1. The summed E-state index contributed by atoms with van der Waals surface area (Å²) in [5.41, 5.74) is 1.85. The van der Waals surface area contributed by atoms with Gasteiger partial charge in [0.2, 0.25) is 5.56 Å². The van der Waals surface area contributed by atoms with Crippen LogP contribution in [0.4, 0.5) is 0 Å². The van der Waals surface area contributed by atoms with Gasteiger partial charge in [0, 0.05) is 44.0 Å². The maximum atomic E-state index is 13.3. The number of carbonyl (C=O) groups is 1. The molecule has 4 rings (SSSR count). The number of benzene rings is 1. The molecular weight excluding hydrogens is 350 g/mol. The lowest BCUT2D eigenvalue weighted by Crippen LogP contribution is -2.48. The zero-order chi connectivity index (χ0) is 19.5. The van der Waals surface area contributed by atoms with E-state index in [2.05, 4.69) is 34.5 Å². The van der Waals surface area contributed by atoms with Gasteiger partial charge in [0.05, 0.1) is 5.56 Å². The van der Waals surface area contributed by atoms with Crippen molar-refractivity contribution in [3.63, 3.8) is 0 Å². The molecule has 1 aromatic carbocycles. The summed E-state index contributed by atoms with van der Waals surface area (Å²) in [6.45, 7) is 0.794. The molecule has 2 aliphatic heterocycles. The Morgan fingerprint density at radius 2 is 1.93 bits per heavy atom. The van der Waals surface area contributed by atoms with Crippen molar-refractivity contribution >= 4 is 5.91 Å². The van der Waals surface area contributed by atoms with E-state index in [1.807, 2.05) is 6.07 Å². The van der Waals surface area contributed by atoms with Crippen LogP contribution in [0.1, 0.15) is 48.0 Å². The molecule has 0 spiro atoms. The second kappa shape index (κ2) is 8.31. The maximum absolute atomic E-state index is 13.3. The molecule has 0 radical (unpaired) electrons. The van der Waals surface area contributed by atoms with Crippen LogP contribution in [0.25, 0.3) is 0 Å². The van der Waals surface area contributed by atoms with E-state index in [9.17, 15) is 9.59 Å². The summed E-state index contributed by atoms with van der Waals surface area (Å²) in [5, 5.41) is 3.82. The molecule has 0 aliphatic carbocycles. The molecule has 2 aliphatic rings. The van der Waals surface area contributed by atoms with E-state index in [0.717, 1.165) is 38.6 Å². The van der Waals surface area contributed by atoms with E-state index in [1.54, 1.807) is 19.3 Å². The van der Waals surface area contributed by atoms with Gasteiger partial charge in [0.25, 0.3) is 5.91 Å². The third kappa shape index (κ3) is 4.04. The fourth-order valence-corrected chi connectivity index (χ4v) is 4.73. The van der Waals surface area contributed by atoms with Crippen LogP contribution in [-0.4, -0.2) is 40.0 Å². The fourth-order valence-electron chi connectivity index (χ4n) is 4.73. The molecule has 2 fully saturated rings. The molecular formula is C23H29N3O2. The summed E-state index contributed by atoms with van der Waals surface area (Å²) in [7, 11) is 1.70. The Morgan fingerprint density at radius 3 is 2.71 bits per heavy atom. The first-order valence-electron chi connectivity index (χ1n) is 10.4. The van der Waals surface area contributed by atoms with Crippen LogP contribution in [0.15, 0.2) is 53.5 Å². The molecule has 1 amide bonds. The standard InChI is InChI=1S/C23H29N3O2/c1-25-16-18(11-12-22(25)27)23(28)26-13-7-3-6-10-20-21(26)15-19(24-20)14-17-8-4-2-5-9-17/h2,4-5,8-9,11-12,16,19-21,24H,3,6-7,10,13-15H2,1H3/t19-,20-,21+/m1/s1. The second-order valence-corrected chi connectivity index (χ2v) is 8.18. The van der Waals surface area contributed by atoms with E-state index in [0.29, 0.717) is 17.6 Å². The Balaban J connectivity index is 1.54. The number of aromatic nitrogens is 1. The van der Waals surface area contributed by atoms with Crippen molar-refractivity contribution in [1.29, 1.82) is 0 Å². The van der Waals surface area contributed by atoms with Crippen LogP contribution in [0.3, 0.4) is 0 Å². The van der Waals surface area contributed by atoms with Gasteiger partial charge in [-0.1, -0.05) is 43.2 Å². The van der Waals surface area contributed by atoms with Crippen molar-refractivity contribution < 1.29 is 4.79 Å². The number of likely N-dealkylation sites (tertiary alicyclic amines) is 1. The van der Waals surface area contributed by atoms with E-state index >= 15 is 0 Å². The second-order valence-electron chi connectivity index (χ2n) is 8.18. The number of nitrogens with one attached hydrogen (secondary N) is 1. The van der Waals surface area contributed by atoms with E-state index in [1.165, 1.54) is 22.6 Å². The van der Waals surface area contributed by atoms with Crippen molar-refractivity contribution in [3.8, 4) is 0 Å². The average molecular weight is 380 g/mol. The van der Waals surface area contributed by atoms with Crippen molar-refractivity contribution in [3.05, 3.63) is 70.1 Å². The Hall–Kier alpha value is -2.40. The predicted octanol–water partition coefficient (Wildman–Crippen LogP) is 2.74. The number of rotatable bonds is 3. The molecule has 1 N–H and O–H groups in total. The van der Waals surface area contributed by atoms with Crippen LogP contribution in [0.2, 0.25) is 0 Å². The smallest absolute Gasteiger partial charge is 0.255 e. The summed E-state index contributed by atoms with van der Waals surface area (Å²) in [5.74, 6) is 0.0506. The minimum Gasteiger partial charge on any atom is -0.334 e. The summed E-state index contributed by atoms with van der Waals surface area (Å²) in [4.78, 5) is 27.1. The van der Waals surface area contributed by atoms with Gasteiger partial charge in [-0.25, -0.2) is 0 Å². The minimum absolute atomic E-state index is 0.0506. The van der Waals surface area contributed by atoms with Crippen molar-refractivity contribution in [2.24, 2.45) is 7.05 Å².